The molecule has 19 heavy (non-hydrogen) atoms. The van der Waals surface area contributed by atoms with Crippen molar-refractivity contribution in [2.75, 3.05) is 0 Å². The van der Waals surface area contributed by atoms with Gasteiger partial charge in [0.25, 0.3) is 0 Å². The van der Waals surface area contributed by atoms with Gasteiger partial charge in [-0.25, -0.2) is 0 Å². The molecule has 0 aromatic heterocycles. The van der Waals surface area contributed by atoms with Crippen LogP contribution in [-0.2, 0) is 0 Å². The lowest BCUT2D eigenvalue weighted by Gasteiger charge is -2.22. The molecule has 2 aliphatic carbocycles. The summed E-state index contributed by atoms with van der Waals surface area (Å²) in [6.45, 7) is 0. The molecule has 0 fully saturated rings. The van der Waals surface area contributed by atoms with Gasteiger partial charge in [0.05, 0.1) is 0 Å². The maximum atomic E-state index is 2.29. The first-order valence-corrected chi connectivity index (χ1v) is 6.77. The summed E-state index contributed by atoms with van der Waals surface area (Å²) in [7, 11) is 0. The predicted molar refractivity (Wildman–Crippen MR) is 81.8 cm³/mol. The fraction of sp³-hybridized carbons (Fsp3) is 0.0526. The maximum Gasteiger partial charge on any atom is -0.00134 e. The molecule has 5 rings (SSSR count). The predicted octanol–water partition coefficient (Wildman–Crippen LogP) is 4.22. The number of hydrogen-bond acceptors (Lipinski definition) is 0. The van der Waals surface area contributed by atoms with Gasteiger partial charge in [0.2, 0.25) is 0 Å². The average Bonchev–Trinajstić information content (AvgIpc) is 2.48. The summed E-state index contributed by atoms with van der Waals surface area (Å²) < 4.78 is 0. The van der Waals surface area contributed by atoms with Crippen LogP contribution in [0.5, 0.6) is 0 Å². The van der Waals surface area contributed by atoms with E-state index in [1.54, 1.807) is 0 Å². The zero-order valence-electron chi connectivity index (χ0n) is 10.5. The van der Waals surface area contributed by atoms with Crippen LogP contribution in [0.4, 0.5) is 0 Å². The molecule has 0 nitrogen and oxygen atoms in total. The molecule has 2 bridgehead atoms. The Labute approximate surface area is 111 Å². The van der Waals surface area contributed by atoms with E-state index in [1.807, 2.05) is 0 Å². The van der Waals surface area contributed by atoms with E-state index in [9.17, 15) is 0 Å². The minimum atomic E-state index is 1.08. The van der Waals surface area contributed by atoms with Crippen molar-refractivity contribution in [1.29, 1.82) is 0 Å². The van der Waals surface area contributed by atoms with E-state index in [0.29, 0.717) is 0 Å². The molecule has 88 valence electrons. The lowest BCUT2D eigenvalue weighted by molar-refractivity contribution is 1.36. The van der Waals surface area contributed by atoms with Crippen molar-refractivity contribution < 1.29 is 0 Å². The number of rotatable bonds is 0. The van der Waals surface area contributed by atoms with Crippen molar-refractivity contribution >= 4 is 32.7 Å². The first kappa shape index (κ1) is 9.57. The van der Waals surface area contributed by atoms with Gasteiger partial charge in [0.15, 0.2) is 0 Å². The van der Waals surface area contributed by atoms with E-state index >= 15 is 0 Å². The van der Waals surface area contributed by atoms with Gasteiger partial charge in [-0.15, -0.1) is 0 Å². The molecule has 3 aromatic rings. The lowest BCUT2D eigenvalue weighted by Crippen LogP contribution is -2.15. The van der Waals surface area contributed by atoms with Crippen LogP contribution in [0, 0.1) is 0 Å². The van der Waals surface area contributed by atoms with Crippen molar-refractivity contribution in [2.24, 2.45) is 0 Å². The Hall–Kier alpha value is -2.34. The molecular formula is C19H12. The van der Waals surface area contributed by atoms with Crippen LogP contribution in [0.1, 0.15) is 12.0 Å². The quantitative estimate of drug-likeness (QED) is 0.552. The molecular weight excluding hydrogens is 228 g/mol. The SMILES string of the molecule is C1=CC2=c3ccc4cccc5ccc(c3c54)C(=C1)C2. The minimum absolute atomic E-state index is 1.08. The number of fused-ring (bicyclic) bond motifs is 3. The molecule has 0 heterocycles. The highest BCUT2D eigenvalue weighted by Gasteiger charge is 2.18. The van der Waals surface area contributed by atoms with Crippen molar-refractivity contribution in [2.45, 2.75) is 6.42 Å². The van der Waals surface area contributed by atoms with Crippen LogP contribution in [0.25, 0.3) is 32.7 Å². The number of allylic oxidation sites excluding steroid dienone is 4. The Kier molecular flexibility index (Phi) is 1.59. The van der Waals surface area contributed by atoms with Crippen LogP contribution in [0.15, 0.2) is 60.7 Å². The van der Waals surface area contributed by atoms with E-state index < -0.39 is 0 Å². The first-order chi connectivity index (χ1) is 9.42. The minimum Gasteiger partial charge on any atom is -0.0617 e. The summed E-state index contributed by atoms with van der Waals surface area (Å²) in [6, 6.07) is 15.7. The van der Waals surface area contributed by atoms with E-state index in [2.05, 4.69) is 60.7 Å². The molecule has 0 N–H and O–H groups in total. The van der Waals surface area contributed by atoms with Gasteiger partial charge in [-0.05, 0) is 49.9 Å². The highest BCUT2D eigenvalue weighted by molar-refractivity contribution is 6.15. The van der Waals surface area contributed by atoms with E-state index in [4.69, 9.17) is 0 Å². The Morgan fingerprint density at radius 2 is 1.63 bits per heavy atom. The summed E-state index contributed by atoms with van der Waals surface area (Å²) in [4.78, 5) is 0. The largest absolute Gasteiger partial charge is 0.0617 e. The monoisotopic (exact) mass is 240 g/mol. The highest BCUT2D eigenvalue weighted by atomic mass is 14.2. The zero-order valence-corrected chi connectivity index (χ0v) is 10.5. The lowest BCUT2D eigenvalue weighted by atomic mass is 9.82. The summed E-state index contributed by atoms with van der Waals surface area (Å²) in [5.74, 6) is 0. The van der Waals surface area contributed by atoms with Gasteiger partial charge in [0.1, 0.15) is 0 Å². The first-order valence-electron chi connectivity index (χ1n) is 6.77. The average molecular weight is 240 g/mol. The van der Waals surface area contributed by atoms with E-state index in [-0.39, 0.29) is 0 Å². The molecule has 0 unspecified atom stereocenters. The zero-order chi connectivity index (χ0) is 12.4. The van der Waals surface area contributed by atoms with Gasteiger partial charge >= 0.3 is 0 Å². The molecule has 2 aliphatic rings. The second-order valence-electron chi connectivity index (χ2n) is 5.43. The van der Waals surface area contributed by atoms with Crippen LogP contribution in [0.2, 0.25) is 0 Å². The van der Waals surface area contributed by atoms with Gasteiger partial charge in [-0.3, -0.25) is 0 Å². The molecule has 0 atom stereocenters. The third kappa shape index (κ3) is 1.09. The highest BCUT2D eigenvalue weighted by Crippen LogP contribution is 2.37. The van der Waals surface area contributed by atoms with Crippen LogP contribution in [0.3, 0.4) is 0 Å². The molecule has 0 spiro atoms. The Morgan fingerprint density at radius 1 is 0.789 bits per heavy atom. The van der Waals surface area contributed by atoms with Crippen LogP contribution in [-0.4, -0.2) is 0 Å². The molecule has 0 heteroatoms. The molecule has 0 saturated carbocycles. The standard InChI is InChI=1S/C19H12/c1-3-12-7-9-16-14-5-2-6-15(11-14)17-10-8-13(4-1)18(12)19(16)17/h1-10H,11H2. The van der Waals surface area contributed by atoms with E-state index in [0.717, 1.165) is 6.42 Å². The molecule has 0 radical (unpaired) electrons. The van der Waals surface area contributed by atoms with Crippen molar-refractivity contribution in [1.82, 2.24) is 0 Å². The second-order valence-corrected chi connectivity index (χ2v) is 5.43. The van der Waals surface area contributed by atoms with Crippen LogP contribution < -0.4 is 5.22 Å². The summed E-state index contributed by atoms with van der Waals surface area (Å²) in [5.41, 5.74) is 4.35. The maximum absolute atomic E-state index is 2.29. The van der Waals surface area contributed by atoms with Crippen molar-refractivity contribution in [3.63, 3.8) is 0 Å². The van der Waals surface area contributed by atoms with Crippen molar-refractivity contribution in [3.8, 4) is 0 Å². The number of benzene rings is 3. The third-order valence-corrected chi connectivity index (χ3v) is 4.44. The van der Waals surface area contributed by atoms with E-state index in [1.165, 1.54) is 43.5 Å². The normalized spacial score (nSPS) is 16.2. The fourth-order valence-electron chi connectivity index (χ4n) is 3.59. The Balaban J connectivity index is 2.22. The summed E-state index contributed by atoms with van der Waals surface area (Å²) >= 11 is 0. The number of hydrogen-bond donors (Lipinski definition) is 0. The smallest absolute Gasteiger partial charge is 0.00134 e. The Morgan fingerprint density at radius 3 is 2.53 bits per heavy atom. The molecule has 3 aromatic carbocycles. The van der Waals surface area contributed by atoms with Gasteiger partial charge in [0, 0.05) is 0 Å². The fourth-order valence-corrected chi connectivity index (χ4v) is 3.59. The van der Waals surface area contributed by atoms with Gasteiger partial charge in [-0.2, -0.15) is 0 Å². The van der Waals surface area contributed by atoms with Crippen LogP contribution >= 0.6 is 0 Å². The molecule has 0 saturated heterocycles. The van der Waals surface area contributed by atoms with Gasteiger partial charge in [-0.1, -0.05) is 60.7 Å². The third-order valence-electron chi connectivity index (χ3n) is 4.44. The van der Waals surface area contributed by atoms with Crippen molar-refractivity contribution in [3.05, 3.63) is 71.5 Å². The second kappa shape index (κ2) is 3.16. The summed E-state index contributed by atoms with van der Waals surface area (Å²) in [5, 5.41) is 7.00. The Bertz CT molecular complexity index is 952. The molecule has 0 aliphatic heterocycles. The molecule has 0 amide bonds. The van der Waals surface area contributed by atoms with Gasteiger partial charge < -0.3 is 0 Å². The topological polar surface area (TPSA) is 0 Å². The summed E-state index contributed by atoms with van der Waals surface area (Å²) in [6.07, 6.45) is 7.79.